The van der Waals surface area contributed by atoms with Crippen molar-refractivity contribution < 1.29 is 23.6 Å². The first-order valence-electron chi connectivity index (χ1n) is 13.3. The largest absolute Gasteiger partial charge is 0.381 e. The number of hydrogen-bond acceptors (Lipinski definition) is 8. The Morgan fingerprint density at radius 3 is 2.61 bits per heavy atom. The van der Waals surface area contributed by atoms with Crippen LogP contribution in [0.25, 0.3) is 0 Å². The Hall–Kier alpha value is -3.31. The summed E-state index contributed by atoms with van der Waals surface area (Å²) in [6, 6.07) is 0.900. The van der Waals surface area contributed by atoms with Crippen molar-refractivity contribution in [1.82, 2.24) is 15.5 Å². The zero-order valence-electron chi connectivity index (χ0n) is 22.1. The van der Waals surface area contributed by atoms with Crippen LogP contribution in [0.15, 0.2) is 23.0 Å². The van der Waals surface area contributed by atoms with Crippen molar-refractivity contribution in [2.75, 3.05) is 23.8 Å². The molecule has 1 spiro atoms. The van der Waals surface area contributed by atoms with E-state index in [-0.39, 0.29) is 23.3 Å². The van der Waals surface area contributed by atoms with Crippen LogP contribution in [0, 0.1) is 11.8 Å². The molecule has 5 rings (SSSR count). The van der Waals surface area contributed by atoms with Gasteiger partial charge in [-0.2, -0.15) is 0 Å². The smallest absolute Gasteiger partial charge is 0.257 e. The van der Waals surface area contributed by atoms with E-state index in [1.807, 2.05) is 0 Å². The standard InChI is InChI=1S/C27H36N6O5/c1-15-4-6-16(7-5-15)21(32-23(34)17-14-38-33-22(17)26(2,3)28)24(35)31-20-12-19-18(13-29-20)27(25(36)30-19)8-10-37-11-9-27/h12-16,21H,4-11,28H2,1-3H3,(H,30,36)(H,32,34)(H,29,31,35)/t15?,16?,21-/m0/s1. The third-order valence-corrected chi connectivity index (χ3v) is 8.23. The highest BCUT2D eigenvalue weighted by molar-refractivity contribution is 6.07. The van der Waals surface area contributed by atoms with E-state index in [1.165, 1.54) is 6.26 Å². The van der Waals surface area contributed by atoms with E-state index in [0.717, 1.165) is 31.2 Å². The van der Waals surface area contributed by atoms with Gasteiger partial charge in [0.05, 0.1) is 16.6 Å². The van der Waals surface area contributed by atoms with Gasteiger partial charge in [0.25, 0.3) is 5.91 Å². The van der Waals surface area contributed by atoms with Crippen LogP contribution in [0.4, 0.5) is 11.5 Å². The van der Waals surface area contributed by atoms with Crippen LogP contribution in [0.1, 0.15) is 80.9 Å². The van der Waals surface area contributed by atoms with Gasteiger partial charge in [0.2, 0.25) is 11.8 Å². The summed E-state index contributed by atoms with van der Waals surface area (Å²) in [6.07, 6.45) is 7.70. The van der Waals surface area contributed by atoms with Gasteiger partial charge in [-0.25, -0.2) is 4.98 Å². The molecule has 11 nitrogen and oxygen atoms in total. The van der Waals surface area contributed by atoms with Gasteiger partial charge in [0, 0.05) is 31.0 Å². The second-order valence-electron chi connectivity index (χ2n) is 11.5. The second-order valence-corrected chi connectivity index (χ2v) is 11.5. The summed E-state index contributed by atoms with van der Waals surface area (Å²) in [5.41, 5.74) is 6.66. The molecule has 11 heteroatoms. The predicted molar refractivity (Wildman–Crippen MR) is 139 cm³/mol. The molecule has 4 heterocycles. The molecule has 5 N–H and O–H groups in total. The highest BCUT2D eigenvalue weighted by atomic mass is 16.5. The number of nitrogens with two attached hydrogens (primary N) is 1. The maximum atomic E-state index is 13.6. The monoisotopic (exact) mass is 524 g/mol. The van der Waals surface area contributed by atoms with Crippen LogP contribution >= 0.6 is 0 Å². The number of amides is 3. The summed E-state index contributed by atoms with van der Waals surface area (Å²) < 4.78 is 10.5. The van der Waals surface area contributed by atoms with Crippen LogP contribution in [0.5, 0.6) is 0 Å². The van der Waals surface area contributed by atoms with Gasteiger partial charge in [0.1, 0.15) is 29.4 Å². The van der Waals surface area contributed by atoms with E-state index in [1.54, 1.807) is 26.1 Å². The number of fused-ring (bicyclic) bond motifs is 2. The van der Waals surface area contributed by atoms with Crippen molar-refractivity contribution >= 4 is 29.2 Å². The maximum Gasteiger partial charge on any atom is 0.257 e. The molecule has 1 aliphatic carbocycles. The highest BCUT2D eigenvalue weighted by Crippen LogP contribution is 2.44. The maximum absolute atomic E-state index is 13.6. The first-order chi connectivity index (χ1) is 18.1. The van der Waals surface area contributed by atoms with Crippen LogP contribution in [0.3, 0.4) is 0 Å². The van der Waals surface area contributed by atoms with E-state index in [2.05, 4.69) is 33.0 Å². The van der Waals surface area contributed by atoms with Crippen molar-refractivity contribution in [3.05, 3.63) is 35.3 Å². The van der Waals surface area contributed by atoms with Crippen LogP contribution in [-0.2, 0) is 25.3 Å². The van der Waals surface area contributed by atoms with E-state index in [0.29, 0.717) is 49.2 Å². The zero-order chi connectivity index (χ0) is 27.1. The van der Waals surface area contributed by atoms with Crippen LogP contribution < -0.4 is 21.7 Å². The summed E-state index contributed by atoms with van der Waals surface area (Å²) >= 11 is 0. The van der Waals surface area contributed by atoms with E-state index in [9.17, 15) is 14.4 Å². The summed E-state index contributed by atoms with van der Waals surface area (Å²) in [5.74, 6) is -0.0308. The first kappa shape index (κ1) is 26.3. The van der Waals surface area contributed by atoms with Gasteiger partial charge in [-0.05, 0) is 51.4 Å². The topological polar surface area (TPSA) is 161 Å². The first-order valence-corrected chi connectivity index (χ1v) is 13.3. The Morgan fingerprint density at radius 2 is 1.92 bits per heavy atom. The van der Waals surface area contributed by atoms with Crippen molar-refractivity contribution in [1.29, 1.82) is 0 Å². The number of hydrogen-bond donors (Lipinski definition) is 4. The fourth-order valence-corrected chi connectivity index (χ4v) is 5.89. The van der Waals surface area contributed by atoms with Gasteiger partial charge in [-0.1, -0.05) is 24.9 Å². The van der Waals surface area contributed by atoms with Crippen molar-refractivity contribution in [3.8, 4) is 0 Å². The fourth-order valence-electron chi connectivity index (χ4n) is 5.89. The van der Waals surface area contributed by atoms with Crippen molar-refractivity contribution in [2.45, 2.75) is 76.3 Å². The Kier molecular flexibility index (Phi) is 6.99. The molecular weight excluding hydrogens is 488 g/mol. The molecule has 2 aromatic heterocycles. The number of ether oxygens (including phenoxy) is 1. The van der Waals surface area contributed by atoms with Crippen LogP contribution in [0.2, 0.25) is 0 Å². The van der Waals surface area contributed by atoms with Crippen molar-refractivity contribution in [3.63, 3.8) is 0 Å². The number of carbonyl (C=O) groups excluding carboxylic acids is 3. The number of pyridine rings is 1. The molecule has 38 heavy (non-hydrogen) atoms. The lowest BCUT2D eigenvalue weighted by molar-refractivity contribution is -0.124. The molecule has 0 bridgehead atoms. The zero-order valence-corrected chi connectivity index (χ0v) is 22.1. The average Bonchev–Trinajstić information content (AvgIpc) is 3.48. The lowest BCUT2D eigenvalue weighted by atomic mass is 9.76. The van der Waals surface area contributed by atoms with Gasteiger partial charge < -0.3 is 30.9 Å². The van der Waals surface area contributed by atoms with Gasteiger partial charge in [-0.3, -0.25) is 14.4 Å². The molecule has 1 saturated heterocycles. The third-order valence-electron chi connectivity index (χ3n) is 8.23. The molecule has 2 aliphatic heterocycles. The van der Waals surface area contributed by atoms with E-state index in [4.69, 9.17) is 15.0 Å². The number of nitrogens with zero attached hydrogens (tertiary/aromatic N) is 2. The normalized spacial score (nSPS) is 23.4. The van der Waals surface area contributed by atoms with Gasteiger partial charge in [-0.15, -0.1) is 0 Å². The molecule has 1 saturated carbocycles. The molecule has 1 atom stereocenters. The third kappa shape index (κ3) is 4.92. The minimum Gasteiger partial charge on any atom is -0.381 e. The fraction of sp³-hybridized carbons (Fsp3) is 0.593. The van der Waals surface area contributed by atoms with E-state index >= 15 is 0 Å². The number of anilines is 2. The van der Waals surface area contributed by atoms with Crippen LogP contribution in [-0.4, -0.2) is 47.1 Å². The molecule has 0 unspecified atom stereocenters. The van der Waals surface area contributed by atoms with Crippen molar-refractivity contribution in [2.24, 2.45) is 17.6 Å². The Balaban J connectivity index is 1.36. The molecule has 3 aliphatic rings. The Bertz CT molecular complexity index is 1220. The molecule has 0 radical (unpaired) electrons. The molecule has 2 aromatic rings. The molecule has 2 fully saturated rings. The Morgan fingerprint density at radius 1 is 1.21 bits per heavy atom. The minimum absolute atomic E-state index is 0.0380. The number of rotatable bonds is 6. The predicted octanol–water partition coefficient (Wildman–Crippen LogP) is 2.83. The molecule has 204 valence electrons. The minimum atomic E-state index is -0.891. The van der Waals surface area contributed by atoms with Gasteiger partial charge >= 0.3 is 0 Å². The van der Waals surface area contributed by atoms with Gasteiger partial charge in [0.15, 0.2) is 0 Å². The Labute approximate surface area is 221 Å². The summed E-state index contributed by atoms with van der Waals surface area (Å²) in [5, 5.41) is 12.7. The SMILES string of the molecule is CC1CCC([C@H](NC(=O)c2conc2C(C)(C)N)C(=O)Nc2cc3c(cn2)C2(CCOCC2)C(=O)N3)CC1. The quantitative estimate of drug-likeness (QED) is 0.448. The summed E-state index contributed by atoms with van der Waals surface area (Å²) in [4.78, 5) is 44.2. The lowest BCUT2D eigenvalue weighted by Gasteiger charge is -2.32. The number of nitrogens with one attached hydrogen (secondary N) is 3. The summed E-state index contributed by atoms with van der Waals surface area (Å²) in [6.45, 7) is 6.70. The lowest BCUT2D eigenvalue weighted by Crippen LogP contribution is -2.50. The molecule has 3 amide bonds. The highest BCUT2D eigenvalue weighted by Gasteiger charge is 2.48. The average molecular weight is 525 g/mol. The molecule has 0 aromatic carbocycles. The second kappa shape index (κ2) is 10.1. The van der Waals surface area contributed by atoms with E-state index < -0.39 is 22.9 Å². The number of carbonyl (C=O) groups is 3. The number of aromatic nitrogens is 2. The molecular formula is C27H36N6O5. The summed E-state index contributed by atoms with van der Waals surface area (Å²) in [7, 11) is 0.